The molecule has 0 spiro atoms. The summed E-state index contributed by atoms with van der Waals surface area (Å²) < 4.78 is 0. The summed E-state index contributed by atoms with van der Waals surface area (Å²) in [7, 11) is 0. The maximum Gasteiger partial charge on any atom is 0.239 e. The number of likely N-dealkylation sites (tertiary alicyclic amines) is 1. The van der Waals surface area contributed by atoms with Gasteiger partial charge in [-0.05, 0) is 39.2 Å². The van der Waals surface area contributed by atoms with Crippen LogP contribution in [0.15, 0.2) is 24.3 Å². The number of nitrogens with zero attached hydrogens (tertiary/aromatic N) is 1. The third-order valence-corrected chi connectivity index (χ3v) is 4.37. The summed E-state index contributed by atoms with van der Waals surface area (Å²) in [5.41, 5.74) is 2.50. The van der Waals surface area contributed by atoms with E-state index in [0.29, 0.717) is 0 Å². The molecule has 3 nitrogen and oxygen atoms in total. The van der Waals surface area contributed by atoms with Crippen molar-refractivity contribution in [1.29, 1.82) is 0 Å². The van der Waals surface area contributed by atoms with Gasteiger partial charge in [0.05, 0.1) is 6.04 Å². The molecule has 3 heteroatoms. The van der Waals surface area contributed by atoms with Gasteiger partial charge in [-0.2, -0.15) is 0 Å². The van der Waals surface area contributed by atoms with Gasteiger partial charge in [-0.15, -0.1) is 0 Å². The van der Waals surface area contributed by atoms with Crippen molar-refractivity contribution >= 4 is 5.91 Å². The summed E-state index contributed by atoms with van der Waals surface area (Å²) in [6.45, 7) is 8.04. The van der Waals surface area contributed by atoms with Crippen LogP contribution in [0, 0.1) is 6.92 Å². The van der Waals surface area contributed by atoms with Gasteiger partial charge in [0, 0.05) is 19.1 Å². The highest BCUT2D eigenvalue weighted by Gasteiger charge is 2.22. The first-order valence-corrected chi connectivity index (χ1v) is 8.19. The number of carbonyl (C=O) groups excluding carboxylic acids is 1. The molecule has 2 rings (SSSR count). The second-order valence-electron chi connectivity index (χ2n) is 6.26. The van der Waals surface area contributed by atoms with Crippen molar-refractivity contribution in [3.05, 3.63) is 35.4 Å². The van der Waals surface area contributed by atoms with Gasteiger partial charge in [0.15, 0.2) is 0 Å². The molecule has 0 saturated carbocycles. The minimum Gasteiger partial charge on any atom is -0.341 e. The molecule has 1 aromatic rings. The smallest absolute Gasteiger partial charge is 0.239 e. The standard InChI is InChI=1S/C18H28N2O/c1-14-8-10-17(11-9-14)15(2)19-16(3)18(21)20-12-6-4-5-7-13-20/h8-11,15-16,19H,4-7,12-13H2,1-3H3/t15-,16?/m1/s1. The maximum atomic E-state index is 12.5. The van der Waals surface area contributed by atoms with Crippen molar-refractivity contribution in [2.45, 2.75) is 58.5 Å². The van der Waals surface area contributed by atoms with E-state index in [2.05, 4.69) is 43.4 Å². The highest BCUT2D eigenvalue weighted by molar-refractivity contribution is 5.81. The summed E-state index contributed by atoms with van der Waals surface area (Å²) in [5.74, 6) is 0.246. The van der Waals surface area contributed by atoms with Crippen molar-refractivity contribution in [2.24, 2.45) is 0 Å². The van der Waals surface area contributed by atoms with Gasteiger partial charge < -0.3 is 4.90 Å². The Hall–Kier alpha value is -1.35. The highest BCUT2D eigenvalue weighted by Crippen LogP contribution is 2.15. The van der Waals surface area contributed by atoms with Gasteiger partial charge in [0.2, 0.25) is 5.91 Å². The lowest BCUT2D eigenvalue weighted by Gasteiger charge is -2.27. The minimum atomic E-state index is -0.126. The molecule has 1 fully saturated rings. The summed E-state index contributed by atoms with van der Waals surface area (Å²) in [6.07, 6.45) is 4.80. The SMILES string of the molecule is Cc1ccc([C@@H](C)NC(C)C(=O)N2CCCCCC2)cc1. The van der Waals surface area contributed by atoms with E-state index in [9.17, 15) is 4.79 Å². The van der Waals surface area contributed by atoms with E-state index in [1.165, 1.54) is 24.0 Å². The summed E-state index contributed by atoms with van der Waals surface area (Å²) in [4.78, 5) is 14.6. The zero-order valence-electron chi connectivity index (χ0n) is 13.6. The molecule has 1 amide bonds. The van der Waals surface area contributed by atoms with Gasteiger partial charge >= 0.3 is 0 Å². The molecule has 0 aliphatic carbocycles. The molecule has 1 aliphatic heterocycles. The first-order chi connectivity index (χ1) is 10.1. The minimum absolute atomic E-state index is 0.126. The molecule has 116 valence electrons. The van der Waals surface area contributed by atoms with E-state index >= 15 is 0 Å². The third kappa shape index (κ3) is 4.57. The van der Waals surface area contributed by atoms with Gasteiger partial charge in [-0.25, -0.2) is 0 Å². The van der Waals surface area contributed by atoms with E-state index in [0.717, 1.165) is 25.9 Å². The Morgan fingerprint density at radius 3 is 2.19 bits per heavy atom. The highest BCUT2D eigenvalue weighted by atomic mass is 16.2. The number of nitrogens with one attached hydrogen (secondary N) is 1. The van der Waals surface area contributed by atoms with E-state index in [1.54, 1.807) is 0 Å². The van der Waals surface area contributed by atoms with Crippen LogP contribution in [-0.2, 0) is 4.79 Å². The van der Waals surface area contributed by atoms with Gasteiger partial charge in [0.1, 0.15) is 0 Å². The molecule has 1 saturated heterocycles. The molecule has 1 heterocycles. The normalized spacial score (nSPS) is 18.9. The van der Waals surface area contributed by atoms with E-state index < -0.39 is 0 Å². The van der Waals surface area contributed by atoms with Crippen LogP contribution in [0.1, 0.15) is 56.7 Å². The predicted molar refractivity (Wildman–Crippen MR) is 87.2 cm³/mol. The lowest BCUT2D eigenvalue weighted by molar-refractivity contribution is -0.133. The van der Waals surface area contributed by atoms with Crippen molar-refractivity contribution in [3.8, 4) is 0 Å². The number of hydrogen-bond acceptors (Lipinski definition) is 2. The number of amides is 1. The molecule has 0 aromatic heterocycles. The lowest BCUT2D eigenvalue weighted by Crippen LogP contribution is -2.45. The molecule has 1 N–H and O–H groups in total. The topological polar surface area (TPSA) is 32.3 Å². The molecule has 21 heavy (non-hydrogen) atoms. The van der Waals surface area contributed by atoms with E-state index in [1.807, 2.05) is 11.8 Å². The molecule has 2 atom stereocenters. The van der Waals surface area contributed by atoms with Crippen LogP contribution in [0.25, 0.3) is 0 Å². The molecule has 1 aromatic carbocycles. The molecule has 0 bridgehead atoms. The van der Waals surface area contributed by atoms with Crippen LogP contribution in [0.2, 0.25) is 0 Å². The second-order valence-corrected chi connectivity index (χ2v) is 6.26. The first kappa shape index (κ1) is 16.0. The Bertz CT molecular complexity index is 447. The zero-order valence-corrected chi connectivity index (χ0v) is 13.6. The molecule has 0 radical (unpaired) electrons. The van der Waals surface area contributed by atoms with Crippen LogP contribution in [0.5, 0.6) is 0 Å². The monoisotopic (exact) mass is 288 g/mol. The average molecular weight is 288 g/mol. The van der Waals surface area contributed by atoms with E-state index in [-0.39, 0.29) is 18.0 Å². The number of benzene rings is 1. The molecular weight excluding hydrogens is 260 g/mol. The fourth-order valence-corrected chi connectivity index (χ4v) is 2.96. The van der Waals surface area contributed by atoms with Crippen LogP contribution < -0.4 is 5.32 Å². The third-order valence-electron chi connectivity index (χ3n) is 4.37. The van der Waals surface area contributed by atoms with Crippen LogP contribution >= 0.6 is 0 Å². The Balaban J connectivity index is 1.91. The quantitative estimate of drug-likeness (QED) is 0.920. The first-order valence-electron chi connectivity index (χ1n) is 8.19. The fourth-order valence-electron chi connectivity index (χ4n) is 2.96. The van der Waals surface area contributed by atoms with Crippen molar-refractivity contribution in [1.82, 2.24) is 10.2 Å². The zero-order chi connectivity index (χ0) is 15.2. The van der Waals surface area contributed by atoms with Gasteiger partial charge in [-0.1, -0.05) is 42.7 Å². The summed E-state index contributed by atoms with van der Waals surface area (Å²) >= 11 is 0. The van der Waals surface area contributed by atoms with Crippen molar-refractivity contribution < 1.29 is 4.79 Å². The van der Waals surface area contributed by atoms with Gasteiger partial charge in [-0.3, -0.25) is 10.1 Å². The molecule has 1 aliphatic rings. The summed E-state index contributed by atoms with van der Waals surface area (Å²) in [5, 5.41) is 3.44. The van der Waals surface area contributed by atoms with Crippen LogP contribution in [0.4, 0.5) is 0 Å². The largest absolute Gasteiger partial charge is 0.341 e. The Kier molecular flexibility index (Phi) is 5.80. The summed E-state index contributed by atoms with van der Waals surface area (Å²) in [6, 6.07) is 8.58. The second kappa shape index (κ2) is 7.60. The Morgan fingerprint density at radius 2 is 1.62 bits per heavy atom. The van der Waals surface area contributed by atoms with Gasteiger partial charge in [0.25, 0.3) is 0 Å². The van der Waals surface area contributed by atoms with Crippen LogP contribution in [0.3, 0.4) is 0 Å². The Labute approximate surface area is 128 Å². The van der Waals surface area contributed by atoms with E-state index in [4.69, 9.17) is 0 Å². The van der Waals surface area contributed by atoms with Crippen molar-refractivity contribution in [3.63, 3.8) is 0 Å². The fraction of sp³-hybridized carbons (Fsp3) is 0.611. The van der Waals surface area contributed by atoms with Crippen LogP contribution in [-0.4, -0.2) is 29.9 Å². The average Bonchev–Trinajstić information content (AvgIpc) is 2.76. The molecule has 1 unspecified atom stereocenters. The number of hydrogen-bond donors (Lipinski definition) is 1. The predicted octanol–water partition coefficient (Wildman–Crippen LogP) is 3.44. The number of carbonyl (C=O) groups is 1. The molecular formula is C18H28N2O. The number of rotatable bonds is 4. The Morgan fingerprint density at radius 1 is 1.05 bits per heavy atom. The maximum absolute atomic E-state index is 12.5. The lowest BCUT2D eigenvalue weighted by atomic mass is 10.1. The van der Waals surface area contributed by atoms with Crippen molar-refractivity contribution in [2.75, 3.05) is 13.1 Å². The number of aryl methyl sites for hydroxylation is 1.